The largest absolute Gasteiger partial charge is 0.351 e. The number of alkyl halides is 1. The molecule has 0 radical (unpaired) electrons. The van der Waals surface area contributed by atoms with Gasteiger partial charge in [-0.2, -0.15) is 0 Å². The van der Waals surface area contributed by atoms with Crippen molar-refractivity contribution in [2.75, 3.05) is 12.4 Å². The highest BCUT2D eigenvalue weighted by Gasteiger charge is 2.41. The molecule has 2 nitrogen and oxygen atoms in total. The molecule has 0 aliphatic heterocycles. The van der Waals surface area contributed by atoms with Crippen LogP contribution < -0.4 is 5.32 Å². The average Bonchev–Trinajstić information content (AvgIpc) is 3.08. The van der Waals surface area contributed by atoms with Crippen molar-refractivity contribution in [2.45, 2.75) is 19.3 Å². The lowest BCUT2D eigenvalue weighted by molar-refractivity contribution is 0.0944. The quantitative estimate of drug-likeness (QED) is 0.817. The van der Waals surface area contributed by atoms with Crippen LogP contribution in [-0.4, -0.2) is 18.3 Å². The molecule has 1 fully saturated rings. The third kappa shape index (κ3) is 3.14. The highest BCUT2D eigenvalue weighted by Crippen LogP contribution is 2.48. The fourth-order valence-corrected chi connectivity index (χ4v) is 2.52. The maximum atomic E-state index is 11.9. The fourth-order valence-electron chi connectivity index (χ4n) is 1.90. The Morgan fingerprint density at radius 1 is 1.35 bits per heavy atom. The molecule has 1 saturated carbocycles. The van der Waals surface area contributed by atoms with Crippen LogP contribution in [0, 0.1) is 5.41 Å². The number of amides is 1. The van der Waals surface area contributed by atoms with E-state index in [0.29, 0.717) is 23.0 Å². The number of halogens is 2. The van der Waals surface area contributed by atoms with Crippen LogP contribution in [0.1, 0.15) is 29.6 Å². The minimum absolute atomic E-state index is 0.101. The zero-order valence-corrected chi connectivity index (χ0v) is 11.0. The molecule has 2 rings (SSSR count). The molecule has 92 valence electrons. The fraction of sp³-hybridized carbons (Fsp3) is 0.462. The molecular weight excluding hydrogens is 257 g/mol. The first-order valence-electron chi connectivity index (χ1n) is 5.76. The SMILES string of the molecule is O=C(NCC1(CCCl)CC1)c1ccccc1Cl. The Morgan fingerprint density at radius 2 is 2.06 bits per heavy atom. The molecular formula is C13H15Cl2NO. The third-order valence-corrected chi connectivity index (χ3v) is 3.84. The number of hydrogen-bond acceptors (Lipinski definition) is 1. The van der Waals surface area contributed by atoms with Gasteiger partial charge in [-0.05, 0) is 36.8 Å². The summed E-state index contributed by atoms with van der Waals surface area (Å²) in [7, 11) is 0. The molecule has 1 aliphatic rings. The molecule has 4 heteroatoms. The molecule has 0 unspecified atom stereocenters. The Kier molecular flexibility index (Phi) is 3.95. The van der Waals surface area contributed by atoms with Crippen LogP contribution in [0.4, 0.5) is 0 Å². The zero-order chi connectivity index (χ0) is 12.3. The number of carbonyl (C=O) groups excluding carboxylic acids is 1. The van der Waals surface area contributed by atoms with Crippen molar-refractivity contribution in [3.63, 3.8) is 0 Å². The number of benzene rings is 1. The van der Waals surface area contributed by atoms with Crippen molar-refractivity contribution in [3.8, 4) is 0 Å². The van der Waals surface area contributed by atoms with Gasteiger partial charge in [0.15, 0.2) is 0 Å². The van der Waals surface area contributed by atoms with E-state index in [1.165, 1.54) is 0 Å². The lowest BCUT2D eigenvalue weighted by atomic mass is 10.0. The van der Waals surface area contributed by atoms with E-state index in [9.17, 15) is 4.79 Å². The van der Waals surface area contributed by atoms with Crippen LogP contribution in [0.2, 0.25) is 5.02 Å². The molecule has 1 amide bonds. The number of carbonyl (C=O) groups is 1. The molecule has 1 aromatic carbocycles. The first-order chi connectivity index (χ1) is 8.17. The first kappa shape index (κ1) is 12.7. The van der Waals surface area contributed by atoms with Gasteiger partial charge in [0, 0.05) is 12.4 Å². The summed E-state index contributed by atoms with van der Waals surface area (Å²) >= 11 is 11.7. The average molecular weight is 272 g/mol. The molecule has 0 heterocycles. The van der Waals surface area contributed by atoms with Gasteiger partial charge in [0.05, 0.1) is 10.6 Å². The molecule has 0 atom stereocenters. The maximum absolute atomic E-state index is 11.9. The van der Waals surface area contributed by atoms with Crippen molar-refractivity contribution >= 4 is 29.1 Å². The van der Waals surface area contributed by atoms with Gasteiger partial charge in [0.2, 0.25) is 0 Å². The van der Waals surface area contributed by atoms with Crippen molar-refractivity contribution in [2.24, 2.45) is 5.41 Å². The van der Waals surface area contributed by atoms with Crippen LogP contribution in [0.25, 0.3) is 0 Å². The normalized spacial score (nSPS) is 16.6. The second-order valence-corrected chi connectivity index (χ2v) is 5.39. The maximum Gasteiger partial charge on any atom is 0.252 e. The van der Waals surface area contributed by atoms with Crippen LogP contribution in [0.5, 0.6) is 0 Å². The van der Waals surface area contributed by atoms with Crippen LogP contribution in [0.3, 0.4) is 0 Å². The highest BCUT2D eigenvalue weighted by atomic mass is 35.5. The van der Waals surface area contributed by atoms with Crippen molar-refractivity contribution in [1.82, 2.24) is 5.32 Å². The summed E-state index contributed by atoms with van der Waals surface area (Å²) in [6, 6.07) is 7.09. The molecule has 0 aromatic heterocycles. The zero-order valence-electron chi connectivity index (χ0n) is 9.51. The predicted octanol–water partition coefficient (Wildman–Crippen LogP) is 3.48. The van der Waals surface area contributed by atoms with Gasteiger partial charge >= 0.3 is 0 Å². The van der Waals surface area contributed by atoms with E-state index in [1.54, 1.807) is 12.1 Å². The summed E-state index contributed by atoms with van der Waals surface area (Å²) < 4.78 is 0. The van der Waals surface area contributed by atoms with E-state index in [2.05, 4.69) is 5.32 Å². The van der Waals surface area contributed by atoms with E-state index in [-0.39, 0.29) is 11.3 Å². The lowest BCUT2D eigenvalue weighted by Crippen LogP contribution is -2.30. The van der Waals surface area contributed by atoms with Crippen LogP contribution >= 0.6 is 23.2 Å². The molecule has 1 N–H and O–H groups in total. The Bertz CT molecular complexity index is 416. The van der Waals surface area contributed by atoms with Crippen molar-refractivity contribution < 1.29 is 4.79 Å². The summed E-state index contributed by atoms with van der Waals surface area (Å²) in [5.41, 5.74) is 0.786. The predicted molar refractivity (Wildman–Crippen MR) is 70.8 cm³/mol. The van der Waals surface area contributed by atoms with E-state index < -0.39 is 0 Å². The minimum atomic E-state index is -0.101. The van der Waals surface area contributed by atoms with Crippen molar-refractivity contribution in [3.05, 3.63) is 34.9 Å². The van der Waals surface area contributed by atoms with Gasteiger partial charge in [-0.1, -0.05) is 23.7 Å². The van der Waals surface area contributed by atoms with Gasteiger partial charge < -0.3 is 5.32 Å². The molecule has 0 bridgehead atoms. The Hall–Kier alpha value is -0.730. The van der Waals surface area contributed by atoms with Gasteiger partial charge in [0.1, 0.15) is 0 Å². The Labute approximate surface area is 111 Å². The Balaban J connectivity index is 1.92. The number of hydrogen-bond donors (Lipinski definition) is 1. The van der Waals surface area contributed by atoms with Gasteiger partial charge in [-0.25, -0.2) is 0 Å². The summed E-state index contributed by atoms with van der Waals surface area (Å²) in [6.07, 6.45) is 3.28. The standard InChI is InChI=1S/C13H15Cl2NO/c14-8-7-13(5-6-13)9-16-12(17)10-3-1-2-4-11(10)15/h1-4H,5-9H2,(H,16,17). The Morgan fingerprint density at radius 3 is 2.65 bits per heavy atom. The van der Waals surface area contributed by atoms with Crippen LogP contribution in [0.15, 0.2) is 24.3 Å². The van der Waals surface area contributed by atoms with E-state index >= 15 is 0 Å². The summed E-state index contributed by atoms with van der Waals surface area (Å²) in [6.45, 7) is 0.698. The number of rotatable bonds is 5. The second-order valence-electron chi connectivity index (χ2n) is 4.60. The van der Waals surface area contributed by atoms with Gasteiger partial charge in [-0.15, -0.1) is 11.6 Å². The summed E-state index contributed by atoms with van der Waals surface area (Å²) in [4.78, 5) is 11.9. The second kappa shape index (κ2) is 5.28. The van der Waals surface area contributed by atoms with Crippen molar-refractivity contribution in [1.29, 1.82) is 0 Å². The smallest absolute Gasteiger partial charge is 0.252 e. The van der Waals surface area contributed by atoms with E-state index in [1.807, 2.05) is 12.1 Å². The highest BCUT2D eigenvalue weighted by molar-refractivity contribution is 6.33. The topological polar surface area (TPSA) is 29.1 Å². The molecule has 0 saturated heterocycles. The van der Waals surface area contributed by atoms with E-state index in [4.69, 9.17) is 23.2 Å². The summed E-state index contributed by atoms with van der Waals surface area (Å²) in [5.74, 6) is 0.554. The number of nitrogens with one attached hydrogen (secondary N) is 1. The molecule has 1 aromatic rings. The molecule has 1 aliphatic carbocycles. The third-order valence-electron chi connectivity index (χ3n) is 3.32. The molecule has 17 heavy (non-hydrogen) atoms. The van der Waals surface area contributed by atoms with E-state index in [0.717, 1.165) is 19.3 Å². The van der Waals surface area contributed by atoms with Gasteiger partial charge in [-0.3, -0.25) is 4.79 Å². The minimum Gasteiger partial charge on any atom is -0.351 e. The lowest BCUT2D eigenvalue weighted by Gasteiger charge is -2.14. The van der Waals surface area contributed by atoms with Gasteiger partial charge in [0.25, 0.3) is 5.91 Å². The summed E-state index contributed by atoms with van der Waals surface area (Å²) in [5, 5.41) is 3.44. The molecule has 0 spiro atoms. The monoisotopic (exact) mass is 271 g/mol. The van der Waals surface area contributed by atoms with Crippen LogP contribution in [-0.2, 0) is 0 Å². The first-order valence-corrected chi connectivity index (χ1v) is 6.67.